The van der Waals surface area contributed by atoms with Crippen LogP contribution in [0.4, 0.5) is 0 Å². The molecule has 0 saturated carbocycles. The first-order valence-corrected chi connectivity index (χ1v) is 9.81. The topological polar surface area (TPSA) is 0 Å². The molecule has 0 heteroatoms. The maximum Gasteiger partial charge on any atom is -0.0445 e. The van der Waals surface area contributed by atoms with Crippen molar-refractivity contribution in [2.24, 2.45) is 5.92 Å². The summed E-state index contributed by atoms with van der Waals surface area (Å²) in [5, 5.41) is 0. The molecule has 0 saturated heterocycles. The lowest BCUT2D eigenvalue weighted by molar-refractivity contribution is 0.468. The van der Waals surface area contributed by atoms with Crippen LogP contribution in [0.3, 0.4) is 0 Å². The fourth-order valence-electron chi connectivity index (χ4n) is 2.89. The van der Waals surface area contributed by atoms with Crippen LogP contribution in [0, 0.1) is 5.92 Å². The molecular formula is C20H42. The van der Waals surface area contributed by atoms with E-state index in [1.54, 1.807) is 0 Å². The van der Waals surface area contributed by atoms with E-state index in [9.17, 15) is 0 Å². The zero-order chi connectivity index (χ0) is 14.9. The van der Waals surface area contributed by atoms with E-state index >= 15 is 0 Å². The van der Waals surface area contributed by atoms with Crippen LogP contribution >= 0.6 is 0 Å². The molecule has 0 aromatic rings. The highest BCUT2D eigenvalue weighted by atomic mass is 14.0. The van der Waals surface area contributed by atoms with E-state index < -0.39 is 0 Å². The van der Waals surface area contributed by atoms with E-state index in [-0.39, 0.29) is 0 Å². The molecule has 20 heavy (non-hydrogen) atoms. The Balaban J connectivity index is 2.96. The van der Waals surface area contributed by atoms with Gasteiger partial charge in [0.15, 0.2) is 0 Å². The quantitative estimate of drug-likeness (QED) is 0.252. The molecule has 0 spiro atoms. The number of hydrogen-bond donors (Lipinski definition) is 0. The largest absolute Gasteiger partial charge is 0.0654 e. The fraction of sp³-hybridized carbons (Fsp3) is 1.00. The Bertz CT molecular complexity index is 161. The van der Waals surface area contributed by atoms with Gasteiger partial charge in [-0.3, -0.25) is 0 Å². The molecule has 0 aliphatic heterocycles. The van der Waals surface area contributed by atoms with Crippen LogP contribution in [0.1, 0.15) is 124 Å². The minimum atomic E-state index is 0.951. The van der Waals surface area contributed by atoms with Gasteiger partial charge < -0.3 is 0 Å². The third-order valence-corrected chi connectivity index (χ3v) is 4.75. The smallest absolute Gasteiger partial charge is 0.0445 e. The van der Waals surface area contributed by atoms with Crippen molar-refractivity contribution in [2.75, 3.05) is 0 Å². The van der Waals surface area contributed by atoms with E-state index in [0.29, 0.717) is 0 Å². The van der Waals surface area contributed by atoms with Crippen molar-refractivity contribution in [3.63, 3.8) is 0 Å². The molecule has 0 unspecified atom stereocenters. The maximum atomic E-state index is 2.39. The van der Waals surface area contributed by atoms with Gasteiger partial charge in [0.25, 0.3) is 0 Å². The average Bonchev–Trinajstić information content (AvgIpc) is 2.47. The molecule has 0 aromatic heterocycles. The normalized spacial score (nSPS) is 12.8. The lowest BCUT2D eigenvalue weighted by Gasteiger charge is -2.07. The molecule has 0 rings (SSSR count). The van der Waals surface area contributed by atoms with Gasteiger partial charge in [0.2, 0.25) is 0 Å². The van der Waals surface area contributed by atoms with E-state index in [2.05, 4.69) is 20.8 Å². The Morgan fingerprint density at radius 2 is 0.850 bits per heavy atom. The highest BCUT2D eigenvalue weighted by molar-refractivity contribution is 4.52. The second-order valence-corrected chi connectivity index (χ2v) is 6.90. The van der Waals surface area contributed by atoms with E-state index in [4.69, 9.17) is 0 Å². The minimum Gasteiger partial charge on any atom is -0.0654 e. The number of rotatable bonds is 16. The highest BCUT2D eigenvalue weighted by Gasteiger charge is 1.98. The second kappa shape index (κ2) is 17.1. The second-order valence-electron chi connectivity index (χ2n) is 6.90. The molecule has 0 fully saturated rings. The predicted octanol–water partition coefficient (Wildman–Crippen LogP) is 7.90. The zero-order valence-electron chi connectivity index (χ0n) is 14.9. The maximum absolute atomic E-state index is 2.39. The minimum absolute atomic E-state index is 0.951. The van der Waals surface area contributed by atoms with Crippen LogP contribution in [0.2, 0.25) is 0 Å². The van der Waals surface area contributed by atoms with E-state index in [0.717, 1.165) is 5.92 Å². The summed E-state index contributed by atoms with van der Waals surface area (Å²) >= 11 is 0. The molecule has 0 amide bonds. The van der Waals surface area contributed by atoms with Crippen LogP contribution < -0.4 is 0 Å². The van der Waals surface area contributed by atoms with E-state index in [1.165, 1.54) is 103 Å². The summed E-state index contributed by atoms with van der Waals surface area (Å²) in [6, 6.07) is 0. The molecule has 1 atom stereocenters. The Labute approximate surface area is 130 Å². The van der Waals surface area contributed by atoms with Gasteiger partial charge in [-0.05, 0) is 5.92 Å². The molecule has 0 aliphatic rings. The van der Waals surface area contributed by atoms with Gasteiger partial charge in [0.05, 0.1) is 0 Å². The van der Waals surface area contributed by atoms with Crippen molar-refractivity contribution in [3.8, 4) is 0 Å². The lowest BCUT2D eigenvalue weighted by atomic mass is 9.99. The molecule has 0 N–H and O–H groups in total. The first-order valence-electron chi connectivity index (χ1n) is 9.81. The van der Waals surface area contributed by atoms with Crippen LogP contribution in [0.5, 0.6) is 0 Å². The Morgan fingerprint density at radius 1 is 0.500 bits per heavy atom. The first-order chi connectivity index (χ1) is 9.81. The Morgan fingerprint density at radius 3 is 1.20 bits per heavy atom. The molecule has 0 radical (unpaired) electrons. The Kier molecular flexibility index (Phi) is 17.1. The lowest BCUT2D eigenvalue weighted by Crippen LogP contribution is -1.91. The van der Waals surface area contributed by atoms with Crippen molar-refractivity contribution < 1.29 is 0 Å². The highest BCUT2D eigenvalue weighted by Crippen LogP contribution is 2.15. The summed E-state index contributed by atoms with van der Waals surface area (Å²) < 4.78 is 0. The summed E-state index contributed by atoms with van der Waals surface area (Å²) in [5.41, 5.74) is 0. The van der Waals surface area contributed by atoms with Crippen molar-refractivity contribution >= 4 is 0 Å². The first kappa shape index (κ1) is 20.0. The predicted molar refractivity (Wildman–Crippen MR) is 94.4 cm³/mol. The fourth-order valence-corrected chi connectivity index (χ4v) is 2.89. The van der Waals surface area contributed by atoms with Gasteiger partial charge in [-0.15, -0.1) is 0 Å². The summed E-state index contributed by atoms with van der Waals surface area (Å²) in [5.74, 6) is 0.951. The third-order valence-electron chi connectivity index (χ3n) is 4.75. The molecule has 0 aromatic carbocycles. The van der Waals surface area contributed by atoms with Crippen molar-refractivity contribution in [3.05, 3.63) is 0 Å². The molecule has 0 aliphatic carbocycles. The van der Waals surface area contributed by atoms with Gasteiger partial charge in [0.1, 0.15) is 0 Å². The van der Waals surface area contributed by atoms with Crippen LogP contribution in [-0.4, -0.2) is 0 Å². The molecule has 0 nitrogen and oxygen atoms in total. The summed E-state index contributed by atoms with van der Waals surface area (Å²) in [6.45, 7) is 7.00. The van der Waals surface area contributed by atoms with E-state index in [1.807, 2.05) is 0 Å². The molecule has 0 bridgehead atoms. The molecule has 0 heterocycles. The molecule has 122 valence electrons. The standard InChI is InChI=1S/C20H42/c1-4-6-7-8-9-10-11-12-13-14-15-16-17-18-19-20(3)5-2/h20H,4-19H2,1-3H3/t20-/m0/s1. The Hall–Kier alpha value is 0. The average molecular weight is 283 g/mol. The number of unbranched alkanes of at least 4 members (excludes halogenated alkanes) is 13. The van der Waals surface area contributed by atoms with Gasteiger partial charge in [-0.1, -0.05) is 124 Å². The third kappa shape index (κ3) is 16.1. The number of hydrogen-bond acceptors (Lipinski definition) is 0. The van der Waals surface area contributed by atoms with Gasteiger partial charge in [-0.2, -0.15) is 0 Å². The summed E-state index contributed by atoms with van der Waals surface area (Å²) in [6.07, 6.45) is 23.4. The SMILES string of the molecule is CCCCCCCCCCCCCCCC[C@@H](C)CC. The van der Waals surface area contributed by atoms with Gasteiger partial charge in [0, 0.05) is 0 Å². The molecular weight excluding hydrogens is 240 g/mol. The monoisotopic (exact) mass is 282 g/mol. The van der Waals surface area contributed by atoms with Crippen molar-refractivity contribution in [1.29, 1.82) is 0 Å². The van der Waals surface area contributed by atoms with Crippen LogP contribution in [0.25, 0.3) is 0 Å². The van der Waals surface area contributed by atoms with Crippen molar-refractivity contribution in [1.82, 2.24) is 0 Å². The summed E-state index contributed by atoms with van der Waals surface area (Å²) in [4.78, 5) is 0. The zero-order valence-corrected chi connectivity index (χ0v) is 14.9. The van der Waals surface area contributed by atoms with Crippen LogP contribution in [0.15, 0.2) is 0 Å². The van der Waals surface area contributed by atoms with Gasteiger partial charge in [-0.25, -0.2) is 0 Å². The van der Waals surface area contributed by atoms with Crippen molar-refractivity contribution in [2.45, 2.75) is 124 Å². The van der Waals surface area contributed by atoms with Gasteiger partial charge >= 0.3 is 0 Å². The summed E-state index contributed by atoms with van der Waals surface area (Å²) in [7, 11) is 0. The van der Waals surface area contributed by atoms with Crippen LogP contribution in [-0.2, 0) is 0 Å².